The van der Waals surface area contributed by atoms with Gasteiger partial charge in [-0.3, -0.25) is 9.20 Å². The molecule has 19 heavy (non-hydrogen) atoms. The van der Waals surface area contributed by atoms with Crippen molar-refractivity contribution in [1.82, 2.24) is 9.38 Å². The van der Waals surface area contributed by atoms with E-state index in [4.69, 9.17) is 4.74 Å². The number of thiazole rings is 1. The molecule has 3 rings (SSSR count). The number of imidazole rings is 1. The third-order valence-corrected chi connectivity index (χ3v) is 3.54. The maximum absolute atomic E-state index is 11.2. The summed E-state index contributed by atoms with van der Waals surface area (Å²) >= 11 is 1.47. The van der Waals surface area contributed by atoms with E-state index in [-0.39, 0.29) is 0 Å². The summed E-state index contributed by atoms with van der Waals surface area (Å²) in [4.78, 5) is 16.3. The molecule has 0 amide bonds. The van der Waals surface area contributed by atoms with Crippen molar-refractivity contribution in [1.29, 1.82) is 0 Å². The highest BCUT2D eigenvalue weighted by Gasteiger charge is 2.14. The predicted molar refractivity (Wildman–Crippen MR) is 74.4 cm³/mol. The van der Waals surface area contributed by atoms with Crippen LogP contribution < -0.4 is 4.74 Å². The molecule has 0 atom stereocenters. The van der Waals surface area contributed by atoms with E-state index < -0.39 is 0 Å². The van der Waals surface area contributed by atoms with Crippen LogP contribution in [0.3, 0.4) is 0 Å². The third-order valence-electron chi connectivity index (χ3n) is 2.79. The molecule has 0 aliphatic rings. The molecular formula is C14H12N2O2S. The van der Waals surface area contributed by atoms with Gasteiger partial charge in [-0.1, -0.05) is 6.07 Å². The van der Waals surface area contributed by atoms with Gasteiger partial charge in [-0.15, -0.1) is 11.3 Å². The summed E-state index contributed by atoms with van der Waals surface area (Å²) in [5.74, 6) is 1.05. The molecule has 2 aromatic heterocycles. The lowest BCUT2D eigenvalue weighted by Gasteiger charge is -2.05. The molecule has 0 aliphatic carbocycles. The summed E-state index contributed by atoms with van der Waals surface area (Å²) in [6, 6.07) is 5.92. The molecular weight excluding hydrogens is 260 g/mol. The van der Waals surface area contributed by atoms with Crippen LogP contribution >= 0.6 is 11.3 Å². The molecule has 2 heterocycles. The predicted octanol–water partition coefficient (Wildman–Crippen LogP) is 3.62. The van der Waals surface area contributed by atoms with E-state index in [0.29, 0.717) is 17.3 Å². The zero-order valence-corrected chi connectivity index (χ0v) is 11.4. The Morgan fingerprint density at radius 3 is 2.68 bits per heavy atom. The summed E-state index contributed by atoms with van der Waals surface area (Å²) in [5, 5.41) is 1.88. The highest BCUT2D eigenvalue weighted by molar-refractivity contribution is 7.15. The van der Waals surface area contributed by atoms with Gasteiger partial charge in [0.15, 0.2) is 16.9 Å². The second-order valence-corrected chi connectivity index (χ2v) is 5.27. The van der Waals surface area contributed by atoms with Crippen LogP contribution in [0.25, 0.3) is 4.96 Å². The van der Waals surface area contributed by atoms with Gasteiger partial charge >= 0.3 is 0 Å². The normalized spacial score (nSPS) is 10.8. The average Bonchev–Trinajstić information content (AvgIpc) is 2.87. The number of nitrogens with zero attached hydrogens (tertiary/aromatic N) is 2. The molecule has 0 unspecified atom stereocenters. The molecule has 5 heteroatoms. The monoisotopic (exact) mass is 272 g/mol. The molecule has 0 N–H and O–H groups in total. The minimum absolute atomic E-state index is 0.354. The lowest BCUT2D eigenvalue weighted by atomic mass is 10.1. The first-order chi connectivity index (χ1) is 9.17. The fourth-order valence-corrected chi connectivity index (χ4v) is 2.78. The Morgan fingerprint density at radius 2 is 2.00 bits per heavy atom. The Balaban J connectivity index is 2.04. The topological polar surface area (TPSA) is 43.6 Å². The van der Waals surface area contributed by atoms with Gasteiger partial charge in [0, 0.05) is 11.6 Å². The molecule has 0 fully saturated rings. The summed E-state index contributed by atoms with van der Waals surface area (Å²) in [6.07, 6.45) is 2.58. The first kappa shape index (κ1) is 11.9. The first-order valence-electron chi connectivity index (χ1n) is 5.84. The van der Waals surface area contributed by atoms with Gasteiger partial charge < -0.3 is 4.74 Å². The van der Waals surface area contributed by atoms with Gasteiger partial charge in [0.1, 0.15) is 5.75 Å². The van der Waals surface area contributed by atoms with Crippen LogP contribution in [0, 0.1) is 13.8 Å². The summed E-state index contributed by atoms with van der Waals surface area (Å²) < 4.78 is 7.48. The number of aromatic nitrogens is 2. The smallest absolute Gasteiger partial charge is 0.250 e. The zero-order chi connectivity index (χ0) is 13.4. The van der Waals surface area contributed by atoms with E-state index in [1.807, 2.05) is 37.6 Å². The van der Waals surface area contributed by atoms with Gasteiger partial charge in [0.05, 0.1) is 0 Å². The maximum Gasteiger partial charge on any atom is 0.250 e. The van der Waals surface area contributed by atoms with Crippen LogP contribution in [0.4, 0.5) is 0 Å². The lowest BCUT2D eigenvalue weighted by Crippen LogP contribution is -1.92. The Hall–Kier alpha value is -2.14. The van der Waals surface area contributed by atoms with Crippen LogP contribution in [0.1, 0.15) is 21.6 Å². The number of benzene rings is 1. The summed E-state index contributed by atoms with van der Waals surface area (Å²) in [7, 11) is 0. The molecule has 0 radical (unpaired) electrons. The van der Waals surface area contributed by atoms with Crippen molar-refractivity contribution >= 4 is 22.6 Å². The van der Waals surface area contributed by atoms with Crippen molar-refractivity contribution in [2.75, 3.05) is 0 Å². The molecule has 0 spiro atoms. The van der Waals surface area contributed by atoms with Crippen molar-refractivity contribution in [2.24, 2.45) is 0 Å². The number of fused-ring (bicyclic) bond motifs is 1. The number of ether oxygens (including phenoxy) is 1. The number of aldehydes is 1. The number of hydrogen-bond acceptors (Lipinski definition) is 4. The Bertz CT molecular complexity index is 738. The molecule has 0 saturated heterocycles. The van der Waals surface area contributed by atoms with Crippen LogP contribution in [-0.4, -0.2) is 15.7 Å². The lowest BCUT2D eigenvalue weighted by molar-refractivity contribution is 0.111. The van der Waals surface area contributed by atoms with E-state index in [9.17, 15) is 4.79 Å². The van der Waals surface area contributed by atoms with Crippen LogP contribution in [-0.2, 0) is 0 Å². The molecule has 4 nitrogen and oxygen atoms in total. The SMILES string of the molecule is Cc1cc(C)cc(Oc2nc3sccn3c2C=O)c1. The Labute approximate surface area is 114 Å². The van der Waals surface area contributed by atoms with Crippen LogP contribution in [0.5, 0.6) is 11.6 Å². The fraction of sp³-hybridized carbons (Fsp3) is 0.143. The van der Waals surface area contributed by atoms with Crippen molar-refractivity contribution < 1.29 is 9.53 Å². The van der Waals surface area contributed by atoms with Crippen molar-refractivity contribution in [2.45, 2.75) is 13.8 Å². The van der Waals surface area contributed by atoms with E-state index in [1.54, 1.807) is 4.40 Å². The van der Waals surface area contributed by atoms with Crippen LogP contribution in [0.15, 0.2) is 29.8 Å². The van der Waals surface area contributed by atoms with Crippen molar-refractivity contribution in [3.05, 3.63) is 46.6 Å². The van der Waals surface area contributed by atoms with Gasteiger partial charge in [-0.2, -0.15) is 4.98 Å². The molecule has 0 bridgehead atoms. The van der Waals surface area contributed by atoms with Crippen molar-refractivity contribution in [3.8, 4) is 11.6 Å². The number of carbonyl (C=O) groups is 1. The third kappa shape index (κ3) is 2.13. The minimum Gasteiger partial charge on any atom is -0.437 e. The molecule has 1 aromatic carbocycles. The zero-order valence-electron chi connectivity index (χ0n) is 10.6. The van der Waals surface area contributed by atoms with E-state index in [0.717, 1.165) is 22.4 Å². The second-order valence-electron chi connectivity index (χ2n) is 4.40. The van der Waals surface area contributed by atoms with Gasteiger partial charge in [0.2, 0.25) is 5.88 Å². The molecule has 96 valence electrons. The Morgan fingerprint density at radius 1 is 1.26 bits per heavy atom. The van der Waals surface area contributed by atoms with Crippen LogP contribution in [0.2, 0.25) is 0 Å². The molecule has 0 aliphatic heterocycles. The van der Waals surface area contributed by atoms with Crippen molar-refractivity contribution in [3.63, 3.8) is 0 Å². The standard InChI is InChI=1S/C14H12N2O2S/c1-9-5-10(2)7-11(6-9)18-13-12(8-17)16-3-4-19-14(16)15-13/h3-8H,1-2H3. The first-order valence-corrected chi connectivity index (χ1v) is 6.72. The highest BCUT2D eigenvalue weighted by Crippen LogP contribution is 2.27. The molecule has 0 saturated carbocycles. The van der Waals surface area contributed by atoms with E-state index >= 15 is 0 Å². The maximum atomic E-state index is 11.2. The van der Waals surface area contributed by atoms with Gasteiger partial charge in [-0.05, 0) is 37.1 Å². The summed E-state index contributed by atoms with van der Waals surface area (Å²) in [5.41, 5.74) is 2.67. The second kappa shape index (κ2) is 4.51. The average molecular weight is 272 g/mol. The number of aryl methyl sites for hydroxylation is 2. The largest absolute Gasteiger partial charge is 0.437 e. The number of hydrogen-bond donors (Lipinski definition) is 0. The van der Waals surface area contributed by atoms with Gasteiger partial charge in [-0.25, -0.2) is 0 Å². The number of rotatable bonds is 3. The fourth-order valence-electron chi connectivity index (χ4n) is 2.07. The molecule has 3 aromatic rings. The highest BCUT2D eigenvalue weighted by atomic mass is 32.1. The quantitative estimate of drug-likeness (QED) is 0.684. The minimum atomic E-state index is 0.354. The summed E-state index contributed by atoms with van der Waals surface area (Å²) in [6.45, 7) is 4.01. The number of carbonyl (C=O) groups excluding carboxylic acids is 1. The van der Waals surface area contributed by atoms with Gasteiger partial charge in [0.25, 0.3) is 0 Å². The van der Waals surface area contributed by atoms with E-state index in [1.165, 1.54) is 11.3 Å². The Kier molecular flexibility index (Phi) is 2.83. The van der Waals surface area contributed by atoms with E-state index in [2.05, 4.69) is 11.1 Å².